The highest BCUT2D eigenvalue weighted by atomic mass is 79.9. The summed E-state index contributed by atoms with van der Waals surface area (Å²) in [6.07, 6.45) is 0. The first-order valence-electron chi connectivity index (χ1n) is 7.68. The van der Waals surface area contributed by atoms with E-state index >= 15 is 0 Å². The van der Waals surface area contributed by atoms with Crippen molar-refractivity contribution in [3.63, 3.8) is 0 Å². The number of fused-ring (bicyclic) bond motifs is 1. The van der Waals surface area contributed by atoms with E-state index in [-0.39, 0.29) is 11.9 Å². The van der Waals surface area contributed by atoms with Gasteiger partial charge >= 0.3 is 0 Å². The molecule has 1 unspecified atom stereocenters. The molecule has 2 heterocycles. The molecule has 1 atom stereocenters. The smallest absolute Gasteiger partial charge is 0.241 e. The second-order valence-electron chi connectivity index (χ2n) is 5.64. The Bertz CT molecular complexity index is 731. The summed E-state index contributed by atoms with van der Waals surface area (Å²) < 4.78 is 17.2. The molecular weight excluding hydrogens is 376 g/mol. The number of carbonyl (C=O) groups is 1. The Kier molecular flexibility index (Phi) is 5.11. The molecule has 3 rings (SSSR count). The number of hydrogen-bond donors (Lipinski definition) is 1. The maximum atomic E-state index is 12.5. The van der Waals surface area contributed by atoms with Crippen LogP contribution in [0.2, 0.25) is 0 Å². The van der Waals surface area contributed by atoms with Gasteiger partial charge in [-0.15, -0.1) is 0 Å². The van der Waals surface area contributed by atoms with E-state index < -0.39 is 0 Å². The number of benzene rings is 1. The lowest BCUT2D eigenvalue weighted by molar-refractivity contribution is -0.120. The van der Waals surface area contributed by atoms with Crippen LogP contribution in [0, 0.1) is 0 Å². The molecule has 1 aliphatic rings. The molecule has 0 spiro atoms. The van der Waals surface area contributed by atoms with Crippen LogP contribution in [0.1, 0.15) is 12.7 Å². The molecule has 0 saturated carbocycles. The van der Waals surface area contributed by atoms with E-state index in [4.69, 9.17) is 13.9 Å². The minimum Gasteiger partial charge on any atom is -0.486 e. The highest BCUT2D eigenvalue weighted by molar-refractivity contribution is 9.10. The van der Waals surface area contributed by atoms with Crippen molar-refractivity contribution < 1.29 is 18.7 Å². The number of nitrogens with zero attached hydrogens (tertiary/aromatic N) is 1. The Morgan fingerprint density at radius 3 is 2.71 bits per heavy atom. The predicted molar refractivity (Wildman–Crippen MR) is 93.4 cm³/mol. The lowest BCUT2D eigenvalue weighted by atomic mass is 10.2. The van der Waals surface area contributed by atoms with Gasteiger partial charge in [0.05, 0.1) is 12.6 Å². The number of halogens is 1. The highest BCUT2D eigenvalue weighted by Gasteiger charge is 2.20. The van der Waals surface area contributed by atoms with E-state index in [9.17, 15) is 4.79 Å². The third-order valence-electron chi connectivity index (χ3n) is 3.88. The molecule has 6 nitrogen and oxygen atoms in total. The lowest BCUT2D eigenvalue weighted by Crippen LogP contribution is -2.39. The van der Waals surface area contributed by atoms with Crippen molar-refractivity contribution in [2.45, 2.75) is 19.5 Å². The maximum Gasteiger partial charge on any atom is 0.241 e. The highest BCUT2D eigenvalue weighted by Crippen LogP contribution is 2.32. The molecule has 0 radical (unpaired) electrons. The van der Waals surface area contributed by atoms with E-state index in [0.29, 0.717) is 41.6 Å². The van der Waals surface area contributed by atoms with E-state index in [0.717, 1.165) is 5.76 Å². The second-order valence-corrected chi connectivity index (χ2v) is 6.43. The summed E-state index contributed by atoms with van der Waals surface area (Å²) in [6, 6.07) is 8.79. The van der Waals surface area contributed by atoms with Gasteiger partial charge in [0.15, 0.2) is 16.2 Å². The zero-order chi connectivity index (χ0) is 17.1. The molecule has 0 fully saturated rings. The molecule has 7 heteroatoms. The number of furan rings is 1. The Balaban J connectivity index is 1.61. The van der Waals surface area contributed by atoms with Crippen molar-refractivity contribution in [2.24, 2.45) is 0 Å². The number of rotatable bonds is 5. The normalized spacial score (nSPS) is 14.5. The van der Waals surface area contributed by atoms with Crippen LogP contribution >= 0.6 is 15.9 Å². The maximum absolute atomic E-state index is 12.5. The number of likely N-dealkylation sites (N-methyl/N-ethyl adjacent to an activating group) is 1. The molecule has 0 aliphatic carbocycles. The standard InChI is InChI=1S/C17H19BrN2O4/c1-11(20(2)10-13-4-6-16(18)24-13)17(21)19-12-3-5-14-15(9-12)23-8-7-22-14/h3-6,9,11H,7-8,10H2,1-2H3,(H,19,21). The zero-order valence-corrected chi connectivity index (χ0v) is 15.1. The van der Waals surface area contributed by atoms with Gasteiger partial charge in [-0.05, 0) is 54.2 Å². The zero-order valence-electron chi connectivity index (χ0n) is 13.5. The molecular formula is C17H19BrN2O4. The summed E-state index contributed by atoms with van der Waals surface area (Å²) >= 11 is 3.28. The topological polar surface area (TPSA) is 63.9 Å². The summed E-state index contributed by atoms with van der Waals surface area (Å²) in [6.45, 7) is 3.46. The van der Waals surface area contributed by atoms with Crippen LogP contribution < -0.4 is 14.8 Å². The van der Waals surface area contributed by atoms with Crippen molar-refractivity contribution in [3.05, 3.63) is 40.8 Å². The van der Waals surface area contributed by atoms with Gasteiger partial charge in [0.25, 0.3) is 0 Å². The quantitative estimate of drug-likeness (QED) is 0.842. The first kappa shape index (κ1) is 16.9. The van der Waals surface area contributed by atoms with Gasteiger partial charge in [-0.1, -0.05) is 0 Å². The molecule has 24 heavy (non-hydrogen) atoms. The van der Waals surface area contributed by atoms with Crippen LogP contribution in [0.4, 0.5) is 5.69 Å². The molecule has 1 aromatic carbocycles. The van der Waals surface area contributed by atoms with Crippen LogP contribution in [0.5, 0.6) is 11.5 Å². The van der Waals surface area contributed by atoms with Gasteiger partial charge in [-0.25, -0.2) is 0 Å². The summed E-state index contributed by atoms with van der Waals surface area (Å²) in [4.78, 5) is 14.4. The number of anilines is 1. The summed E-state index contributed by atoms with van der Waals surface area (Å²) in [7, 11) is 1.88. The number of ether oxygens (including phenoxy) is 2. The molecule has 1 amide bonds. The number of amides is 1. The third-order valence-corrected chi connectivity index (χ3v) is 4.31. The van der Waals surface area contributed by atoms with Crippen LogP contribution in [0.15, 0.2) is 39.4 Å². The van der Waals surface area contributed by atoms with Gasteiger partial charge in [0, 0.05) is 11.8 Å². The van der Waals surface area contributed by atoms with Crippen LogP contribution in [0.25, 0.3) is 0 Å². The Morgan fingerprint density at radius 2 is 2.00 bits per heavy atom. The van der Waals surface area contributed by atoms with Crippen molar-refractivity contribution in [2.75, 3.05) is 25.6 Å². The summed E-state index contributed by atoms with van der Waals surface area (Å²) in [5.41, 5.74) is 0.685. The fourth-order valence-electron chi connectivity index (χ4n) is 2.39. The fraction of sp³-hybridized carbons (Fsp3) is 0.353. The molecule has 1 N–H and O–H groups in total. The van der Waals surface area contributed by atoms with Crippen molar-refractivity contribution in [3.8, 4) is 11.5 Å². The predicted octanol–water partition coefficient (Wildman–Crippen LogP) is 3.27. The molecule has 0 bridgehead atoms. The van der Waals surface area contributed by atoms with Crippen molar-refractivity contribution >= 4 is 27.5 Å². The monoisotopic (exact) mass is 394 g/mol. The Morgan fingerprint density at radius 1 is 1.25 bits per heavy atom. The van der Waals surface area contributed by atoms with Gasteiger partial charge in [0.2, 0.25) is 5.91 Å². The van der Waals surface area contributed by atoms with Crippen molar-refractivity contribution in [1.29, 1.82) is 0 Å². The number of hydrogen-bond acceptors (Lipinski definition) is 5. The van der Waals surface area contributed by atoms with Crippen LogP contribution in [-0.4, -0.2) is 37.1 Å². The SMILES string of the molecule is CC(C(=O)Nc1ccc2c(c1)OCCO2)N(C)Cc1ccc(Br)o1. The van der Waals surface area contributed by atoms with Gasteiger partial charge in [-0.2, -0.15) is 0 Å². The lowest BCUT2D eigenvalue weighted by Gasteiger charge is -2.23. The molecule has 1 aliphatic heterocycles. The van der Waals surface area contributed by atoms with Crippen LogP contribution in [-0.2, 0) is 11.3 Å². The number of nitrogens with one attached hydrogen (secondary N) is 1. The van der Waals surface area contributed by atoms with Gasteiger partial charge < -0.3 is 19.2 Å². The first-order valence-corrected chi connectivity index (χ1v) is 8.47. The third kappa shape index (κ3) is 3.91. The van der Waals surface area contributed by atoms with Crippen LogP contribution in [0.3, 0.4) is 0 Å². The summed E-state index contributed by atoms with van der Waals surface area (Å²) in [5, 5.41) is 2.91. The Labute approximate surface area is 148 Å². The molecule has 2 aromatic rings. The fourth-order valence-corrected chi connectivity index (χ4v) is 2.73. The number of carbonyl (C=O) groups excluding carboxylic acids is 1. The average Bonchev–Trinajstić information content (AvgIpc) is 2.98. The molecule has 0 saturated heterocycles. The van der Waals surface area contributed by atoms with Gasteiger partial charge in [0.1, 0.15) is 19.0 Å². The summed E-state index contributed by atoms with van der Waals surface area (Å²) in [5.74, 6) is 2.05. The van der Waals surface area contributed by atoms with Gasteiger partial charge in [-0.3, -0.25) is 9.69 Å². The molecule has 128 valence electrons. The minimum absolute atomic E-state index is 0.0974. The molecule has 1 aromatic heterocycles. The van der Waals surface area contributed by atoms with Crippen molar-refractivity contribution in [1.82, 2.24) is 4.90 Å². The second kappa shape index (κ2) is 7.27. The van der Waals surface area contributed by atoms with E-state index in [1.165, 1.54) is 0 Å². The first-order chi connectivity index (χ1) is 11.5. The van der Waals surface area contributed by atoms with E-state index in [1.54, 1.807) is 12.1 Å². The van der Waals surface area contributed by atoms with E-state index in [1.807, 2.05) is 37.1 Å². The minimum atomic E-state index is -0.318. The Hall–Kier alpha value is -1.99. The average molecular weight is 395 g/mol. The largest absolute Gasteiger partial charge is 0.486 e. The van der Waals surface area contributed by atoms with E-state index in [2.05, 4.69) is 21.2 Å².